The number of nitro benzene ring substituents is 1. The van der Waals surface area contributed by atoms with E-state index in [4.69, 9.17) is 0 Å². The standard InChI is InChI=1S/C17H18N4O4/c1-11-3-5-14(6-4-11)19-12(2)17(23)20-18-10-13-9-15(21(24)25)7-8-16(13)22/h3-10,12,19,22H,1-2H3,(H,20,23). The smallest absolute Gasteiger partial charge is 0.270 e. The molecule has 0 aliphatic heterocycles. The molecule has 0 spiro atoms. The third-order valence-corrected chi connectivity index (χ3v) is 3.43. The number of phenols is 1. The van der Waals surface area contributed by atoms with Crippen LogP contribution in [-0.2, 0) is 4.79 Å². The molecule has 0 fully saturated rings. The maximum absolute atomic E-state index is 12.0. The summed E-state index contributed by atoms with van der Waals surface area (Å²) in [6, 6.07) is 10.6. The predicted molar refractivity (Wildman–Crippen MR) is 94.8 cm³/mol. The van der Waals surface area contributed by atoms with Gasteiger partial charge in [0.1, 0.15) is 11.8 Å². The largest absolute Gasteiger partial charge is 0.507 e. The van der Waals surface area contributed by atoms with Gasteiger partial charge in [0.25, 0.3) is 11.6 Å². The Morgan fingerprint density at radius 2 is 1.96 bits per heavy atom. The number of non-ortho nitro benzene ring substituents is 1. The summed E-state index contributed by atoms with van der Waals surface area (Å²) in [5, 5.41) is 27.2. The molecule has 8 heteroatoms. The molecule has 25 heavy (non-hydrogen) atoms. The number of carbonyl (C=O) groups is 1. The summed E-state index contributed by atoms with van der Waals surface area (Å²) in [5.74, 6) is -0.559. The van der Waals surface area contributed by atoms with E-state index in [1.54, 1.807) is 6.92 Å². The van der Waals surface area contributed by atoms with Crippen LogP contribution in [0.3, 0.4) is 0 Å². The number of aromatic hydroxyl groups is 1. The molecule has 0 heterocycles. The van der Waals surface area contributed by atoms with E-state index >= 15 is 0 Å². The fraction of sp³-hybridized carbons (Fsp3) is 0.176. The molecule has 0 saturated carbocycles. The van der Waals surface area contributed by atoms with Crippen LogP contribution in [0.25, 0.3) is 0 Å². The highest BCUT2D eigenvalue weighted by Gasteiger charge is 2.12. The van der Waals surface area contributed by atoms with Crippen molar-refractivity contribution in [2.24, 2.45) is 5.10 Å². The fourth-order valence-electron chi connectivity index (χ4n) is 1.99. The van der Waals surface area contributed by atoms with E-state index in [2.05, 4.69) is 15.8 Å². The SMILES string of the molecule is Cc1ccc(NC(C)C(=O)NN=Cc2cc([N+](=O)[O-])ccc2O)cc1. The topological polar surface area (TPSA) is 117 Å². The zero-order chi connectivity index (χ0) is 18.4. The zero-order valence-corrected chi connectivity index (χ0v) is 13.8. The van der Waals surface area contributed by atoms with Crippen LogP contribution in [0.2, 0.25) is 0 Å². The van der Waals surface area contributed by atoms with Gasteiger partial charge in [-0.1, -0.05) is 17.7 Å². The number of nitrogens with one attached hydrogen (secondary N) is 2. The Bertz CT molecular complexity index is 803. The maximum Gasteiger partial charge on any atom is 0.270 e. The Labute approximate surface area is 144 Å². The molecule has 1 atom stereocenters. The van der Waals surface area contributed by atoms with Crippen LogP contribution in [0.5, 0.6) is 5.75 Å². The van der Waals surface area contributed by atoms with Crippen molar-refractivity contribution in [1.29, 1.82) is 0 Å². The minimum atomic E-state index is -0.580. The Kier molecular flexibility index (Phi) is 5.67. The van der Waals surface area contributed by atoms with Crippen molar-refractivity contribution < 1.29 is 14.8 Å². The van der Waals surface area contributed by atoms with Gasteiger partial charge in [0.2, 0.25) is 0 Å². The first-order valence-electron chi connectivity index (χ1n) is 7.50. The van der Waals surface area contributed by atoms with Gasteiger partial charge in [-0.15, -0.1) is 0 Å². The van der Waals surface area contributed by atoms with Gasteiger partial charge in [-0.3, -0.25) is 14.9 Å². The fourth-order valence-corrected chi connectivity index (χ4v) is 1.99. The van der Waals surface area contributed by atoms with E-state index in [1.165, 1.54) is 18.2 Å². The van der Waals surface area contributed by atoms with Gasteiger partial charge in [-0.05, 0) is 32.0 Å². The number of hydrogen-bond donors (Lipinski definition) is 3. The van der Waals surface area contributed by atoms with Gasteiger partial charge in [0.15, 0.2) is 0 Å². The first kappa shape index (κ1) is 17.9. The van der Waals surface area contributed by atoms with E-state index < -0.39 is 11.0 Å². The Balaban J connectivity index is 1.96. The number of phenolic OH excluding ortho intramolecular Hbond substituents is 1. The van der Waals surface area contributed by atoms with E-state index in [0.717, 1.165) is 17.5 Å². The lowest BCUT2D eigenvalue weighted by Gasteiger charge is -2.13. The molecule has 0 aromatic heterocycles. The molecule has 0 aliphatic carbocycles. The molecule has 130 valence electrons. The van der Waals surface area contributed by atoms with Gasteiger partial charge in [0.05, 0.1) is 11.1 Å². The highest BCUT2D eigenvalue weighted by molar-refractivity contribution is 5.88. The van der Waals surface area contributed by atoms with Crippen LogP contribution >= 0.6 is 0 Å². The second kappa shape index (κ2) is 7.91. The Morgan fingerprint density at radius 1 is 1.28 bits per heavy atom. The molecular formula is C17H18N4O4. The summed E-state index contributed by atoms with van der Waals surface area (Å²) in [7, 11) is 0. The number of nitrogens with zero attached hydrogens (tertiary/aromatic N) is 2. The lowest BCUT2D eigenvalue weighted by Crippen LogP contribution is -2.34. The Hall–Kier alpha value is -3.42. The lowest BCUT2D eigenvalue weighted by molar-refractivity contribution is -0.384. The number of rotatable bonds is 6. The summed E-state index contributed by atoms with van der Waals surface area (Å²) < 4.78 is 0. The highest BCUT2D eigenvalue weighted by atomic mass is 16.6. The van der Waals surface area contributed by atoms with Crippen LogP contribution in [-0.4, -0.2) is 28.2 Å². The number of benzene rings is 2. The number of hydrazone groups is 1. The second-order valence-electron chi connectivity index (χ2n) is 5.47. The highest BCUT2D eigenvalue weighted by Crippen LogP contribution is 2.21. The van der Waals surface area contributed by atoms with Crippen LogP contribution < -0.4 is 10.7 Å². The molecule has 2 rings (SSSR count). The van der Waals surface area contributed by atoms with Crippen molar-refractivity contribution in [3.05, 3.63) is 63.7 Å². The molecular weight excluding hydrogens is 324 g/mol. The van der Waals surface area contributed by atoms with E-state index in [1.807, 2.05) is 31.2 Å². The molecule has 2 aromatic rings. The first-order chi connectivity index (χ1) is 11.9. The quantitative estimate of drug-likeness (QED) is 0.424. The van der Waals surface area contributed by atoms with Crippen LogP contribution in [0.4, 0.5) is 11.4 Å². The molecule has 2 aromatic carbocycles. The maximum atomic E-state index is 12.0. The molecule has 8 nitrogen and oxygen atoms in total. The summed E-state index contributed by atoms with van der Waals surface area (Å²) in [6.07, 6.45) is 1.15. The number of amides is 1. The predicted octanol–water partition coefficient (Wildman–Crippen LogP) is 2.56. The van der Waals surface area contributed by atoms with Crippen molar-refractivity contribution >= 4 is 23.5 Å². The summed E-state index contributed by atoms with van der Waals surface area (Å²) in [5.41, 5.74) is 4.19. The second-order valence-corrected chi connectivity index (χ2v) is 5.47. The number of aryl methyl sites for hydroxylation is 1. The number of carbonyl (C=O) groups excluding carboxylic acids is 1. The van der Waals surface area contributed by atoms with Crippen molar-refractivity contribution in [2.75, 3.05) is 5.32 Å². The summed E-state index contributed by atoms with van der Waals surface area (Å²) >= 11 is 0. The third-order valence-electron chi connectivity index (χ3n) is 3.43. The lowest BCUT2D eigenvalue weighted by atomic mass is 10.2. The van der Waals surface area contributed by atoms with Gasteiger partial charge in [-0.25, -0.2) is 5.43 Å². The van der Waals surface area contributed by atoms with Gasteiger partial charge in [-0.2, -0.15) is 5.10 Å². The molecule has 1 amide bonds. The number of anilines is 1. The van der Waals surface area contributed by atoms with Crippen molar-refractivity contribution in [2.45, 2.75) is 19.9 Å². The summed E-state index contributed by atoms with van der Waals surface area (Å²) in [4.78, 5) is 22.2. The molecule has 0 bridgehead atoms. The minimum Gasteiger partial charge on any atom is -0.507 e. The van der Waals surface area contributed by atoms with Crippen LogP contribution in [0.15, 0.2) is 47.6 Å². The average Bonchev–Trinajstić information content (AvgIpc) is 2.58. The van der Waals surface area contributed by atoms with Gasteiger partial charge < -0.3 is 10.4 Å². The van der Waals surface area contributed by atoms with E-state index in [-0.39, 0.29) is 22.9 Å². The number of nitro groups is 1. The zero-order valence-electron chi connectivity index (χ0n) is 13.8. The average molecular weight is 342 g/mol. The van der Waals surface area contributed by atoms with Gasteiger partial charge >= 0.3 is 0 Å². The third kappa shape index (κ3) is 5.03. The molecule has 3 N–H and O–H groups in total. The summed E-state index contributed by atoms with van der Waals surface area (Å²) in [6.45, 7) is 3.65. The molecule has 0 saturated heterocycles. The number of hydrogen-bond acceptors (Lipinski definition) is 6. The normalized spacial score (nSPS) is 11.9. The van der Waals surface area contributed by atoms with E-state index in [9.17, 15) is 20.0 Å². The molecule has 1 unspecified atom stereocenters. The van der Waals surface area contributed by atoms with Gasteiger partial charge in [0, 0.05) is 23.4 Å². The van der Waals surface area contributed by atoms with Crippen molar-refractivity contribution in [3.8, 4) is 5.75 Å². The monoisotopic (exact) mass is 342 g/mol. The van der Waals surface area contributed by atoms with Crippen molar-refractivity contribution in [3.63, 3.8) is 0 Å². The Morgan fingerprint density at radius 3 is 2.60 bits per heavy atom. The van der Waals surface area contributed by atoms with E-state index in [0.29, 0.717) is 0 Å². The first-order valence-corrected chi connectivity index (χ1v) is 7.50. The minimum absolute atomic E-state index is 0.133. The van der Waals surface area contributed by atoms with Crippen molar-refractivity contribution in [1.82, 2.24) is 5.43 Å². The molecule has 0 radical (unpaired) electrons. The van der Waals surface area contributed by atoms with Crippen LogP contribution in [0, 0.1) is 17.0 Å². The van der Waals surface area contributed by atoms with Crippen LogP contribution in [0.1, 0.15) is 18.1 Å². The molecule has 0 aliphatic rings.